The first-order valence-corrected chi connectivity index (χ1v) is 7.04. The average molecular weight is 333 g/mol. The summed E-state index contributed by atoms with van der Waals surface area (Å²) in [5.74, 6) is -0.429. The highest BCUT2D eigenvalue weighted by Crippen LogP contribution is 2.31. The van der Waals surface area contributed by atoms with Crippen molar-refractivity contribution in [1.82, 2.24) is 0 Å². The van der Waals surface area contributed by atoms with Crippen molar-refractivity contribution in [2.24, 2.45) is 0 Å². The molecule has 0 unspecified atom stereocenters. The van der Waals surface area contributed by atoms with Crippen molar-refractivity contribution >= 4 is 11.5 Å². The van der Waals surface area contributed by atoms with E-state index in [0.717, 1.165) is 18.2 Å². The van der Waals surface area contributed by atoms with Gasteiger partial charge in [0.2, 0.25) is 0 Å². The molecule has 1 heterocycles. The van der Waals surface area contributed by atoms with Gasteiger partial charge in [0.1, 0.15) is 19.0 Å². The Kier molecular flexibility index (Phi) is 4.28. The molecule has 24 heavy (non-hydrogen) atoms. The topological polar surface area (TPSA) is 87.9 Å². The van der Waals surface area contributed by atoms with Crippen LogP contribution in [-0.4, -0.2) is 30.5 Å². The summed E-state index contributed by atoms with van der Waals surface area (Å²) >= 11 is 0. The molecule has 0 bridgehead atoms. The van der Waals surface area contributed by atoms with Crippen LogP contribution in [0.1, 0.15) is 10.4 Å². The first-order valence-electron chi connectivity index (χ1n) is 7.04. The van der Waals surface area contributed by atoms with Crippen LogP contribution >= 0.6 is 0 Å². The first-order chi connectivity index (χ1) is 11.5. The predicted molar refractivity (Wildman–Crippen MR) is 80.3 cm³/mol. The van der Waals surface area contributed by atoms with Crippen LogP contribution in [0, 0.1) is 15.9 Å². The fourth-order valence-electron chi connectivity index (χ4n) is 2.20. The molecule has 0 amide bonds. The van der Waals surface area contributed by atoms with Gasteiger partial charge in [0.05, 0.1) is 4.92 Å². The number of ketones is 1. The summed E-state index contributed by atoms with van der Waals surface area (Å²) in [5.41, 5.74) is -0.107. The molecule has 1 aliphatic rings. The lowest BCUT2D eigenvalue weighted by Gasteiger charge is -2.18. The molecule has 0 aliphatic carbocycles. The number of nitrogens with zero attached hydrogens (tertiary/aromatic N) is 1. The minimum absolute atomic E-state index is 0.300. The molecular weight excluding hydrogens is 321 g/mol. The maximum atomic E-state index is 13.2. The molecule has 0 aromatic heterocycles. The van der Waals surface area contributed by atoms with E-state index in [1.807, 2.05) is 0 Å². The number of carbonyl (C=O) groups is 1. The third-order valence-corrected chi connectivity index (χ3v) is 3.34. The maximum Gasteiger partial charge on any atom is 0.311 e. The second-order valence-corrected chi connectivity index (χ2v) is 4.94. The summed E-state index contributed by atoms with van der Waals surface area (Å²) in [6.07, 6.45) is 0. The predicted octanol–water partition coefficient (Wildman–Crippen LogP) is 2.77. The van der Waals surface area contributed by atoms with Crippen LogP contribution in [0.3, 0.4) is 0 Å². The molecule has 3 rings (SSSR count). The van der Waals surface area contributed by atoms with Crippen molar-refractivity contribution < 1.29 is 28.3 Å². The van der Waals surface area contributed by atoms with E-state index in [2.05, 4.69) is 0 Å². The zero-order chi connectivity index (χ0) is 17.1. The van der Waals surface area contributed by atoms with E-state index in [1.54, 1.807) is 12.1 Å². The monoisotopic (exact) mass is 333 g/mol. The Morgan fingerprint density at radius 3 is 2.67 bits per heavy atom. The van der Waals surface area contributed by atoms with Gasteiger partial charge in [-0.1, -0.05) is 0 Å². The van der Waals surface area contributed by atoms with E-state index in [9.17, 15) is 19.3 Å². The van der Waals surface area contributed by atoms with E-state index in [4.69, 9.17) is 14.2 Å². The Labute approximate surface area is 135 Å². The van der Waals surface area contributed by atoms with Crippen LogP contribution in [0.5, 0.6) is 17.2 Å². The van der Waals surface area contributed by atoms with Crippen LogP contribution in [0.2, 0.25) is 0 Å². The molecule has 0 spiro atoms. The van der Waals surface area contributed by atoms with Crippen molar-refractivity contribution in [2.45, 2.75) is 0 Å². The van der Waals surface area contributed by atoms with Gasteiger partial charge in [-0.3, -0.25) is 14.9 Å². The zero-order valence-corrected chi connectivity index (χ0v) is 12.4. The zero-order valence-electron chi connectivity index (χ0n) is 12.4. The van der Waals surface area contributed by atoms with Crippen molar-refractivity contribution in [3.63, 3.8) is 0 Å². The minimum atomic E-state index is -0.705. The number of rotatable bonds is 5. The SMILES string of the molecule is O=C(COc1cc(F)ccc1[N+](=O)[O-])c1ccc2c(c1)OCCO2. The van der Waals surface area contributed by atoms with Gasteiger partial charge < -0.3 is 14.2 Å². The Hall–Kier alpha value is -3.16. The highest BCUT2D eigenvalue weighted by molar-refractivity contribution is 5.97. The lowest BCUT2D eigenvalue weighted by molar-refractivity contribution is -0.385. The molecule has 0 saturated heterocycles. The Balaban J connectivity index is 1.74. The number of nitro benzene ring substituents is 1. The van der Waals surface area contributed by atoms with Gasteiger partial charge in [0, 0.05) is 17.7 Å². The van der Waals surface area contributed by atoms with Crippen molar-refractivity contribution in [3.05, 3.63) is 57.9 Å². The number of carbonyl (C=O) groups excluding carboxylic acids is 1. The number of Topliss-reactive ketones (excluding diaryl/α,β-unsaturated/α-hetero) is 1. The van der Waals surface area contributed by atoms with Crippen molar-refractivity contribution in [1.29, 1.82) is 0 Å². The van der Waals surface area contributed by atoms with Gasteiger partial charge in [-0.2, -0.15) is 0 Å². The lowest BCUT2D eigenvalue weighted by atomic mass is 10.1. The van der Waals surface area contributed by atoms with Crippen LogP contribution in [0.15, 0.2) is 36.4 Å². The molecule has 0 N–H and O–H groups in total. The summed E-state index contributed by atoms with van der Waals surface area (Å²) < 4.78 is 29.1. The molecule has 124 valence electrons. The number of hydrogen-bond donors (Lipinski definition) is 0. The fraction of sp³-hybridized carbons (Fsp3) is 0.188. The number of fused-ring (bicyclic) bond motifs is 1. The Bertz CT molecular complexity index is 807. The normalized spacial score (nSPS) is 12.5. The smallest absolute Gasteiger partial charge is 0.311 e. The number of benzene rings is 2. The van der Waals surface area contributed by atoms with E-state index in [1.165, 1.54) is 6.07 Å². The van der Waals surface area contributed by atoms with E-state index >= 15 is 0 Å². The van der Waals surface area contributed by atoms with Crippen LogP contribution < -0.4 is 14.2 Å². The van der Waals surface area contributed by atoms with Gasteiger partial charge in [-0.15, -0.1) is 0 Å². The molecule has 0 radical (unpaired) electrons. The average Bonchev–Trinajstić information content (AvgIpc) is 2.59. The molecule has 0 atom stereocenters. The molecule has 8 heteroatoms. The highest BCUT2D eigenvalue weighted by atomic mass is 19.1. The van der Waals surface area contributed by atoms with Crippen molar-refractivity contribution in [2.75, 3.05) is 19.8 Å². The highest BCUT2D eigenvalue weighted by Gasteiger charge is 2.19. The molecule has 7 nitrogen and oxygen atoms in total. The molecular formula is C16H12FNO6. The maximum absolute atomic E-state index is 13.2. The standard InChI is InChI=1S/C16H12FNO6/c17-11-2-3-12(18(20)21)15(8-11)24-9-13(19)10-1-4-14-16(7-10)23-6-5-22-14/h1-4,7-8H,5-6,9H2. The van der Waals surface area contributed by atoms with Gasteiger partial charge in [0.15, 0.2) is 29.6 Å². The van der Waals surface area contributed by atoms with Crippen LogP contribution in [0.4, 0.5) is 10.1 Å². The quantitative estimate of drug-likeness (QED) is 0.475. The molecule has 2 aromatic carbocycles. The second kappa shape index (κ2) is 6.53. The second-order valence-electron chi connectivity index (χ2n) is 4.94. The third-order valence-electron chi connectivity index (χ3n) is 3.34. The van der Waals surface area contributed by atoms with E-state index in [-0.39, 0.29) is 5.75 Å². The summed E-state index contributed by atoms with van der Waals surface area (Å²) in [5, 5.41) is 10.9. The number of nitro groups is 1. The van der Waals surface area contributed by atoms with Gasteiger partial charge in [0.25, 0.3) is 0 Å². The number of ether oxygens (including phenoxy) is 3. The summed E-state index contributed by atoms with van der Waals surface area (Å²) in [6, 6.07) is 7.47. The van der Waals surface area contributed by atoms with Crippen LogP contribution in [-0.2, 0) is 0 Å². The summed E-state index contributed by atoms with van der Waals surface area (Å²) in [7, 11) is 0. The largest absolute Gasteiger partial charge is 0.486 e. The Morgan fingerprint density at radius 1 is 1.17 bits per heavy atom. The van der Waals surface area contributed by atoms with Gasteiger partial charge in [-0.05, 0) is 24.3 Å². The molecule has 2 aromatic rings. The molecule has 0 fully saturated rings. The first kappa shape index (κ1) is 15.7. The third kappa shape index (κ3) is 3.27. The van der Waals surface area contributed by atoms with E-state index in [0.29, 0.717) is 30.3 Å². The van der Waals surface area contributed by atoms with E-state index < -0.39 is 28.8 Å². The summed E-state index contributed by atoms with van der Waals surface area (Å²) in [6.45, 7) is 0.354. The number of hydrogen-bond acceptors (Lipinski definition) is 6. The summed E-state index contributed by atoms with van der Waals surface area (Å²) in [4.78, 5) is 22.4. The van der Waals surface area contributed by atoms with Gasteiger partial charge >= 0.3 is 5.69 Å². The fourth-order valence-corrected chi connectivity index (χ4v) is 2.20. The molecule has 1 aliphatic heterocycles. The lowest BCUT2D eigenvalue weighted by Crippen LogP contribution is -2.17. The van der Waals surface area contributed by atoms with Crippen LogP contribution in [0.25, 0.3) is 0 Å². The number of halogens is 1. The Morgan fingerprint density at radius 2 is 1.92 bits per heavy atom. The van der Waals surface area contributed by atoms with Crippen molar-refractivity contribution in [3.8, 4) is 17.2 Å². The molecule has 0 saturated carbocycles. The van der Waals surface area contributed by atoms with Gasteiger partial charge in [-0.25, -0.2) is 4.39 Å². The minimum Gasteiger partial charge on any atom is -0.486 e.